The summed E-state index contributed by atoms with van der Waals surface area (Å²) < 4.78 is 2.20. The Morgan fingerprint density at radius 3 is 2.65 bits per heavy atom. The van der Waals surface area contributed by atoms with E-state index < -0.39 is 0 Å². The second-order valence-corrected chi connectivity index (χ2v) is 8.20. The molecule has 4 aromatic rings. The molecule has 0 unspecified atom stereocenters. The van der Waals surface area contributed by atoms with Crippen molar-refractivity contribution in [3.63, 3.8) is 0 Å². The number of aromatic nitrogens is 2. The third kappa shape index (κ3) is 2.05. The van der Waals surface area contributed by atoms with Crippen molar-refractivity contribution in [3.8, 4) is 22.5 Å². The minimum Gasteiger partial charge on any atom is -0.312 e. The van der Waals surface area contributed by atoms with Gasteiger partial charge in [-0.05, 0) is 43.0 Å². The van der Waals surface area contributed by atoms with Crippen LogP contribution >= 0.6 is 11.3 Å². The minimum absolute atomic E-state index is 0.125. The van der Waals surface area contributed by atoms with Gasteiger partial charge in [-0.1, -0.05) is 42.5 Å². The van der Waals surface area contributed by atoms with E-state index in [1.807, 2.05) is 12.1 Å². The summed E-state index contributed by atoms with van der Waals surface area (Å²) in [6, 6.07) is 14.6. The predicted octanol–water partition coefficient (Wildman–Crippen LogP) is 5.08. The molecular weight excluding hydrogens is 340 g/mol. The van der Waals surface area contributed by atoms with Gasteiger partial charge in [0.25, 0.3) is 5.56 Å². The fourth-order valence-electron chi connectivity index (χ4n) is 3.87. The monoisotopic (exact) mass is 358 g/mol. The molecule has 0 radical (unpaired) electrons. The number of aryl methyl sites for hydroxylation is 3. The highest BCUT2D eigenvalue weighted by Gasteiger charge is 2.25. The quantitative estimate of drug-likeness (QED) is 0.419. The van der Waals surface area contributed by atoms with Crippen LogP contribution < -0.4 is 5.56 Å². The summed E-state index contributed by atoms with van der Waals surface area (Å²) in [7, 11) is 0. The third-order valence-corrected chi connectivity index (χ3v) is 6.50. The van der Waals surface area contributed by atoms with E-state index in [1.54, 1.807) is 11.3 Å². The Morgan fingerprint density at radius 2 is 1.85 bits per heavy atom. The van der Waals surface area contributed by atoms with Gasteiger partial charge in [-0.2, -0.15) is 4.98 Å². The van der Waals surface area contributed by atoms with Crippen molar-refractivity contribution in [1.29, 1.82) is 0 Å². The summed E-state index contributed by atoms with van der Waals surface area (Å²) in [6.07, 6.45) is 0. The molecule has 1 aliphatic rings. The summed E-state index contributed by atoms with van der Waals surface area (Å²) in [6.45, 7) is 7.10. The highest BCUT2D eigenvalue weighted by Crippen LogP contribution is 2.40. The maximum Gasteiger partial charge on any atom is 0.282 e. The van der Waals surface area contributed by atoms with Crippen molar-refractivity contribution in [2.75, 3.05) is 0 Å². The van der Waals surface area contributed by atoms with Crippen molar-refractivity contribution in [1.82, 2.24) is 9.55 Å². The van der Waals surface area contributed by atoms with E-state index in [0.717, 1.165) is 39.3 Å². The zero-order valence-electron chi connectivity index (χ0n) is 15.0. The van der Waals surface area contributed by atoms with E-state index in [1.165, 1.54) is 21.6 Å². The van der Waals surface area contributed by atoms with Gasteiger partial charge in [0, 0.05) is 16.0 Å². The highest BCUT2D eigenvalue weighted by atomic mass is 32.1. The SMILES string of the molecule is Cc1ccc(-c2c(C)sc3c2c(=O)nc2n3Cc3ccccc3-2)cc1C. The lowest BCUT2D eigenvalue weighted by Crippen LogP contribution is -2.12. The maximum atomic E-state index is 13.0. The molecule has 0 bridgehead atoms. The van der Waals surface area contributed by atoms with Crippen molar-refractivity contribution >= 4 is 21.6 Å². The first-order valence-electron chi connectivity index (χ1n) is 8.74. The molecule has 26 heavy (non-hydrogen) atoms. The van der Waals surface area contributed by atoms with Crippen LogP contribution in [0.15, 0.2) is 47.3 Å². The minimum atomic E-state index is -0.125. The van der Waals surface area contributed by atoms with E-state index in [0.29, 0.717) is 0 Å². The zero-order valence-corrected chi connectivity index (χ0v) is 15.8. The normalized spacial score (nSPS) is 12.4. The molecule has 2 aromatic carbocycles. The van der Waals surface area contributed by atoms with Gasteiger partial charge in [-0.3, -0.25) is 4.79 Å². The van der Waals surface area contributed by atoms with Gasteiger partial charge in [0.15, 0.2) is 0 Å². The molecule has 0 atom stereocenters. The maximum absolute atomic E-state index is 13.0. The number of hydrogen-bond acceptors (Lipinski definition) is 3. The van der Waals surface area contributed by atoms with Crippen LogP contribution in [0.25, 0.3) is 32.7 Å². The van der Waals surface area contributed by atoms with Crippen LogP contribution in [0.1, 0.15) is 21.6 Å². The third-order valence-electron chi connectivity index (χ3n) is 5.37. The van der Waals surface area contributed by atoms with Crippen molar-refractivity contribution in [2.45, 2.75) is 27.3 Å². The van der Waals surface area contributed by atoms with Gasteiger partial charge < -0.3 is 4.57 Å². The molecule has 0 N–H and O–H groups in total. The van der Waals surface area contributed by atoms with E-state index >= 15 is 0 Å². The number of rotatable bonds is 1. The van der Waals surface area contributed by atoms with E-state index in [-0.39, 0.29) is 5.56 Å². The van der Waals surface area contributed by atoms with E-state index in [9.17, 15) is 4.79 Å². The van der Waals surface area contributed by atoms with Gasteiger partial charge in [-0.15, -0.1) is 11.3 Å². The average Bonchev–Trinajstić information content (AvgIpc) is 3.16. The first kappa shape index (κ1) is 15.5. The largest absolute Gasteiger partial charge is 0.312 e. The Morgan fingerprint density at radius 1 is 1.04 bits per heavy atom. The van der Waals surface area contributed by atoms with Gasteiger partial charge >= 0.3 is 0 Å². The number of benzene rings is 2. The fourth-order valence-corrected chi connectivity index (χ4v) is 5.04. The summed E-state index contributed by atoms with van der Waals surface area (Å²) in [5.41, 5.74) is 6.82. The predicted molar refractivity (Wildman–Crippen MR) is 108 cm³/mol. The Bertz CT molecular complexity index is 1260. The second kappa shape index (κ2) is 5.39. The molecular formula is C22H18N2OS. The Labute approximate surface area is 155 Å². The van der Waals surface area contributed by atoms with E-state index in [2.05, 4.69) is 60.7 Å². The second-order valence-electron chi connectivity index (χ2n) is 7.00. The van der Waals surface area contributed by atoms with Crippen LogP contribution in [0.4, 0.5) is 0 Å². The van der Waals surface area contributed by atoms with Crippen molar-refractivity contribution in [2.24, 2.45) is 0 Å². The number of fused-ring (bicyclic) bond motifs is 5. The fraction of sp³-hybridized carbons (Fsp3) is 0.182. The zero-order chi connectivity index (χ0) is 18.0. The van der Waals surface area contributed by atoms with Crippen LogP contribution in [0.2, 0.25) is 0 Å². The Kier molecular flexibility index (Phi) is 3.22. The molecule has 0 fully saturated rings. The molecule has 0 spiro atoms. The molecule has 128 valence electrons. The average molecular weight is 358 g/mol. The van der Waals surface area contributed by atoms with Crippen LogP contribution in [0.5, 0.6) is 0 Å². The summed E-state index contributed by atoms with van der Waals surface area (Å²) in [5, 5.41) is 0.757. The topological polar surface area (TPSA) is 34.9 Å². The van der Waals surface area contributed by atoms with Gasteiger partial charge in [-0.25, -0.2) is 0 Å². The van der Waals surface area contributed by atoms with Crippen LogP contribution in [-0.2, 0) is 6.54 Å². The van der Waals surface area contributed by atoms with Crippen molar-refractivity contribution < 1.29 is 0 Å². The van der Waals surface area contributed by atoms with Crippen LogP contribution in [0, 0.1) is 20.8 Å². The molecule has 3 heterocycles. The first-order valence-corrected chi connectivity index (χ1v) is 9.56. The lowest BCUT2D eigenvalue weighted by molar-refractivity contribution is 0.860. The van der Waals surface area contributed by atoms with Gasteiger partial charge in [0.05, 0.1) is 11.9 Å². The number of thiophene rings is 1. The molecule has 0 amide bonds. The molecule has 0 saturated heterocycles. The van der Waals surface area contributed by atoms with Crippen molar-refractivity contribution in [3.05, 3.63) is 74.4 Å². The molecule has 4 heteroatoms. The van der Waals surface area contributed by atoms with Gasteiger partial charge in [0.2, 0.25) is 0 Å². The standard InChI is InChI=1S/C22H18N2OS/c1-12-8-9-15(10-13(12)2)18-14(3)26-22-19(18)21(25)23-20-17-7-5-4-6-16(17)11-24(20)22/h4-10H,11H2,1-3H3. The Balaban J connectivity index is 1.84. The molecule has 0 aliphatic carbocycles. The summed E-state index contributed by atoms with van der Waals surface area (Å²) in [4.78, 5) is 19.7. The number of nitrogens with zero attached hydrogens (tertiary/aromatic N) is 2. The van der Waals surface area contributed by atoms with Crippen LogP contribution in [-0.4, -0.2) is 9.55 Å². The summed E-state index contributed by atoms with van der Waals surface area (Å²) in [5.74, 6) is 0.797. The molecule has 3 nitrogen and oxygen atoms in total. The summed E-state index contributed by atoms with van der Waals surface area (Å²) >= 11 is 1.70. The lowest BCUT2D eigenvalue weighted by atomic mass is 9.99. The lowest BCUT2D eigenvalue weighted by Gasteiger charge is -2.07. The van der Waals surface area contributed by atoms with Crippen LogP contribution in [0.3, 0.4) is 0 Å². The molecule has 5 rings (SSSR count). The highest BCUT2D eigenvalue weighted by molar-refractivity contribution is 7.19. The smallest absolute Gasteiger partial charge is 0.282 e. The molecule has 1 aliphatic heterocycles. The first-order chi connectivity index (χ1) is 12.5. The molecule has 2 aromatic heterocycles. The van der Waals surface area contributed by atoms with Gasteiger partial charge in [0.1, 0.15) is 10.7 Å². The number of hydrogen-bond donors (Lipinski definition) is 0. The Hall–Kier alpha value is -2.72. The molecule has 0 saturated carbocycles. The van der Waals surface area contributed by atoms with E-state index in [4.69, 9.17) is 0 Å².